The van der Waals surface area contributed by atoms with Crippen LogP contribution in [0.5, 0.6) is 0 Å². The molecule has 4 heteroatoms. The topological polar surface area (TPSA) is 49.4 Å². The summed E-state index contributed by atoms with van der Waals surface area (Å²) in [5, 5.41) is 2.88. The molecule has 0 unspecified atom stereocenters. The zero-order valence-corrected chi connectivity index (χ0v) is 13.9. The fourth-order valence-corrected chi connectivity index (χ4v) is 2.54. The Labute approximate surface area is 122 Å². The van der Waals surface area contributed by atoms with Gasteiger partial charge in [-0.2, -0.15) is 0 Å². The van der Waals surface area contributed by atoms with Gasteiger partial charge in [0.15, 0.2) is 0 Å². The number of hydrogen-bond acceptors (Lipinski definition) is 2. The van der Waals surface area contributed by atoms with Crippen LogP contribution in [-0.4, -0.2) is 29.9 Å². The third-order valence-corrected chi connectivity index (χ3v) is 3.52. The van der Waals surface area contributed by atoms with Crippen molar-refractivity contribution in [3.8, 4) is 0 Å². The molecule has 1 N–H and O–H groups in total. The molecule has 0 aromatic carbocycles. The van der Waals surface area contributed by atoms with Crippen LogP contribution in [0.15, 0.2) is 11.1 Å². The van der Waals surface area contributed by atoms with E-state index >= 15 is 0 Å². The van der Waals surface area contributed by atoms with Gasteiger partial charge in [-0.25, -0.2) is 4.79 Å². The van der Waals surface area contributed by atoms with E-state index < -0.39 is 0 Å². The lowest BCUT2D eigenvalue weighted by atomic mass is 9.74. The van der Waals surface area contributed by atoms with Gasteiger partial charge in [-0.1, -0.05) is 48.5 Å². The average Bonchev–Trinajstić information content (AvgIpc) is 2.38. The number of urea groups is 1. The number of nitrogens with zero attached hydrogens (tertiary/aromatic N) is 1. The van der Waals surface area contributed by atoms with Gasteiger partial charge in [0.2, 0.25) is 0 Å². The van der Waals surface area contributed by atoms with Gasteiger partial charge in [-0.15, -0.1) is 0 Å². The standard InChI is InChI=1S/C16H28N2O2/c1-8-9-18-13(19)12(16(5,6)7)11(15(2,3)4)10-17-14(18)20/h8-10H2,1-7H3,(H,17,20). The van der Waals surface area contributed by atoms with Gasteiger partial charge >= 0.3 is 6.03 Å². The largest absolute Gasteiger partial charge is 0.334 e. The second kappa shape index (κ2) is 5.58. The Kier molecular flexibility index (Phi) is 4.67. The Morgan fingerprint density at radius 1 is 1.05 bits per heavy atom. The monoisotopic (exact) mass is 280 g/mol. The van der Waals surface area contributed by atoms with Crippen LogP contribution in [0.4, 0.5) is 4.79 Å². The van der Waals surface area contributed by atoms with Crippen LogP contribution in [0.3, 0.4) is 0 Å². The number of hydrogen-bond donors (Lipinski definition) is 1. The summed E-state index contributed by atoms with van der Waals surface area (Å²) in [6.45, 7) is 15.2. The quantitative estimate of drug-likeness (QED) is 0.843. The van der Waals surface area contributed by atoms with Crippen LogP contribution in [0.2, 0.25) is 0 Å². The summed E-state index contributed by atoms with van der Waals surface area (Å²) in [4.78, 5) is 26.3. The summed E-state index contributed by atoms with van der Waals surface area (Å²) in [5.74, 6) is -0.140. The first-order valence-electron chi connectivity index (χ1n) is 7.34. The summed E-state index contributed by atoms with van der Waals surface area (Å²) in [5.41, 5.74) is 1.38. The molecular formula is C16H28N2O2. The van der Waals surface area contributed by atoms with E-state index in [1.807, 2.05) is 27.7 Å². The molecule has 0 aromatic heterocycles. The van der Waals surface area contributed by atoms with Crippen LogP contribution in [0.1, 0.15) is 54.9 Å². The van der Waals surface area contributed by atoms with E-state index in [0.29, 0.717) is 13.1 Å². The van der Waals surface area contributed by atoms with E-state index in [4.69, 9.17) is 0 Å². The number of carbonyl (C=O) groups is 2. The Bertz CT molecular complexity index is 436. The van der Waals surface area contributed by atoms with Gasteiger partial charge in [0.05, 0.1) is 0 Å². The van der Waals surface area contributed by atoms with E-state index in [0.717, 1.165) is 17.6 Å². The van der Waals surface area contributed by atoms with Crippen LogP contribution in [0, 0.1) is 10.8 Å². The van der Waals surface area contributed by atoms with Gasteiger partial charge in [0.1, 0.15) is 0 Å². The van der Waals surface area contributed by atoms with Gasteiger partial charge in [0, 0.05) is 18.7 Å². The van der Waals surface area contributed by atoms with E-state index in [1.165, 1.54) is 4.90 Å². The number of nitrogens with one attached hydrogen (secondary N) is 1. The highest BCUT2D eigenvalue weighted by atomic mass is 16.2. The summed E-state index contributed by atoms with van der Waals surface area (Å²) in [6.07, 6.45) is 0.765. The molecule has 114 valence electrons. The van der Waals surface area contributed by atoms with E-state index in [9.17, 15) is 9.59 Å². The highest BCUT2D eigenvalue weighted by Crippen LogP contribution is 2.38. The summed E-state index contributed by atoms with van der Waals surface area (Å²) < 4.78 is 0. The fourth-order valence-electron chi connectivity index (χ4n) is 2.54. The number of imide groups is 1. The minimum atomic E-state index is -0.280. The maximum absolute atomic E-state index is 12.9. The highest BCUT2D eigenvalue weighted by Gasteiger charge is 2.38. The Balaban J connectivity index is 3.44. The molecule has 0 radical (unpaired) electrons. The Hall–Kier alpha value is -1.32. The van der Waals surface area contributed by atoms with E-state index in [-0.39, 0.29) is 22.8 Å². The highest BCUT2D eigenvalue weighted by molar-refractivity contribution is 6.06. The van der Waals surface area contributed by atoms with E-state index in [1.54, 1.807) is 0 Å². The molecule has 0 saturated carbocycles. The van der Waals surface area contributed by atoms with Crippen molar-refractivity contribution in [2.75, 3.05) is 13.1 Å². The smallest absolute Gasteiger partial charge is 0.324 e. The molecule has 20 heavy (non-hydrogen) atoms. The molecular weight excluding hydrogens is 252 g/mol. The molecule has 4 nitrogen and oxygen atoms in total. The molecule has 0 spiro atoms. The molecule has 0 atom stereocenters. The van der Waals surface area contributed by atoms with Crippen LogP contribution in [0.25, 0.3) is 0 Å². The fraction of sp³-hybridized carbons (Fsp3) is 0.750. The molecule has 0 aromatic rings. The molecule has 0 fully saturated rings. The molecule has 1 aliphatic rings. The van der Waals surface area contributed by atoms with Crippen molar-refractivity contribution < 1.29 is 9.59 Å². The maximum atomic E-state index is 12.9. The zero-order valence-electron chi connectivity index (χ0n) is 13.9. The predicted molar refractivity (Wildman–Crippen MR) is 81.3 cm³/mol. The van der Waals surface area contributed by atoms with Crippen molar-refractivity contribution in [3.63, 3.8) is 0 Å². The van der Waals surface area contributed by atoms with Crippen LogP contribution in [-0.2, 0) is 4.79 Å². The van der Waals surface area contributed by atoms with Gasteiger partial charge in [-0.05, 0) is 22.8 Å². The van der Waals surface area contributed by atoms with Crippen molar-refractivity contribution in [2.24, 2.45) is 10.8 Å². The molecule has 0 saturated heterocycles. The van der Waals surface area contributed by atoms with E-state index in [2.05, 4.69) is 26.1 Å². The lowest BCUT2D eigenvalue weighted by Crippen LogP contribution is -2.43. The van der Waals surface area contributed by atoms with Gasteiger partial charge < -0.3 is 5.32 Å². The normalized spacial score (nSPS) is 18.2. The number of carbonyl (C=O) groups excluding carboxylic acids is 2. The second-order valence-corrected chi connectivity index (χ2v) is 7.47. The van der Waals surface area contributed by atoms with Gasteiger partial charge in [0.25, 0.3) is 5.91 Å². The first-order chi connectivity index (χ1) is 9.00. The minimum Gasteiger partial charge on any atom is -0.334 e. The molecule has 0 bridgehead atoms. The molecule has 1 rings (SSSR count). The Morgan fingerprint density at radius 3 is 2.00 bits per heavy atom. The first-order valence-corrected chi connectivity index (χ1v) is 7.34. The maximum Gasteiger partial charge on any atom is 0.324 e. The van der Waals surface area contributed by atoms with Crippen LogP contribution >= 0.6 is 0 Å². The van der Waals surface area contributed by atoms with Crippen LogP contribution < -0.4 is 5.32 Å². The molecule has 3 amide bonds. The zero-order chi connectivity index (χ0) is 15.7. The van der Waals surface area contributed by atoms with Crippen molar-refractivity contribution >= 4 is 11.9 Å². The summed E-state index contributed by atoms with van der Waals surface area (Å²) >= 11 is 0. The molecule has 1 aliphatic heterocycles. The third kappa shape index (κ3) is 3.41. The lowest BCUT2D eigenvalue weighted by molar-refractivity contribution is -0.125. The van der Waals surface area contributed by atoms with Crippen molar-refractivity contribution in [1.82, 2.24) is 10.2 Å². The number of rotatable bonds is 2. The number of amides is 3. The van der Waals surface area contributed by atoms with Crippen molar-refractivity contribution in [3.05, 3.63) is 11.1 Å². The average molecular weight is 280 g/mol. The summed E-state index contributed by atoms with van der Waals surface area (Å²) in [7, 11) is 0. The molecule has 1 heterocycles. The third-order valence-electron chi connectivity index (χ3n) is 3.52. The minimum absolute atomic E-state index is 0.140. The second-order valence-electron chi connectivity index (χ2n) is 7.47. The molecule has 0 aliphatic carbocycles. The van der Waals surface area contributed by atoms with Gasteiger partial charge in [-0.3, -0.25) is 9.69 Å². The van der Waals surface area contributed by atoms with Crippen molar-refractivity contribution in [1.29, 1.82) is 0 Å². The predicted octanol–water partition coefficient (Wildman–Crippen LogP) is 3.34. The Morgan fingerprint density at radius 2 is 1.60 bits per heavy atom. The van der Waals surface area contributed by atoms with Crippen molar-refractivity contribution in [2.45, 2.75) is 54.9 Å². The first kappa shape index (κ1) is 16.7. The SMILES string of the molecule is CCCN1C(=O)NCC(C(C)(C)C)=C(C(C)(C)C)C1=O. The lowest BCUT2D eigenvalue weighted by Gasteiger charge is -2.32. The summed E-state index contributed by atoms with van der Waals surface area (Å²) in [6, 6.07) is -0.280.